The molecule has 3 aromatic rings. The summed E-state index contributed by atoms with van der Waals surface area (Å²) in [7, 11) is 0. The molecule has 2 aromatic carbocycles. The van der Waals surface area contributed by atoms with E-state index in [1.54, 1.807) is 18.5 Å². The summed E-state index contributed by atoms with van der Waals surface area (Å²) in [6.07, 6.45) is 3.24. The largest absolute Gasteiger partial charge is 0.349 e. The van der Waals surface area contributed by atoms with Gasteiger partial charge in [0.15, 0.2) is 0 Å². The van der Waals surface area contributed by atoms with Gasteiger partial charge in [-0.15, -0.1) is 0 Å². The Kier molecular flexibility index (Phi) is 5.61. The molecule has 0 spiro atoms. The van der Waals surface area contributed by atoms with Crippen molar-refractivity contribution in [1.29, 1.82) is 0 Å². The monoisotopic (exact) mass is 394 g/mol. The van der Waals surface area contributed by atoms with Crippen molar-refractivity contribution >= 4 is 21.8 Å². The highest BCUT2D eigenvalue weighted by molar-refractivity contribution is 9.10. The number of halogens is 1. The fraction of sp³-hybridized carbons (Fsp3) is 0.143. The molecule has 3 rings (SSSR count). The summed E-state index contributed by atoms with van der Waals surface area (Å²) in [5.74, 6) is -0.0513. The molecule has 4 heteroatoms. The molecule has 0 bridgehead atoms. The first-order chi connectivity index (χ1) is 12.1. The van der Waals surface area contributed by atoms with Crippen LogP contribution in [0.1, 0.15) is 34.3 Å². The average molecular weight is 395 g/mol. The number of aromatic nitrogens is 1. The SMILES string of the molecule is CC(NC(=O)c1cncc(Br)c1)C(c1ccccc1)c1ccccc1. The smallest absolute Gasteiger partial charge is 0.253 e. The Balaban J connectivity index is 1.87. The minimum absolute atomic E-state index is 0.0729. The number of nitrogens with zero attached hydrogens (tertiary/aromatic N) is 1. The predicted molar refractivity (Wildman–Crippen MR) is 104 cm³/mol. The van der Waals surface area contributed by atoms with Gasteiger partial charge in [-0.1, -0.05) is 60.7 Å². The molecule has 0 aliphatic rings. The Morgan fingerprint density at radius 1 is 0.960 bits per heavy atom. The normalized spacial score (nSPS) is 12.0. The molecule has 1 aromatic heterocycles. The molecule has 0 aliphatic carbocycles. The van der Waals surface area contributed by atoms with E-state index in [4.69, 9.17) is 0 Å². The summed E-state index contributed by atoms with van der Waals surface area (Å²) in [6.45, 7) is 2.04. The number of carbonyl (C=O) groups is 1. The number of amides is 1. The molecule has 1 unspecified atom stereocenters. The van der Waals surface area contributed by atoms with E-state index in [0.29, 0.717) is 5.56 Å². The maximum atomic E-state index is 12.6. The quantitative estimate of drug-likeness (QED) is 0.675. The van der Waals surface area contributed by atoms with Crippen molar-refractivity contribution in [1.82, 2.24) is 10.3 Å². The van der Waals surface area contributed by atoms with Gasteiger partial charge in [0, 0.05) is 28.8 Å². The van der Waals surface area contributed by atoms with Gasteiger partial charge >= 0.3 is 0 Å². The third-order valence-corrected chi connectivity index (χ3v) is 4.58. The lowest BCUT2D eigenvalue weighted by molar-refractivity contribution is 0.0936. The maximum absolute atomic E-state index is 12.6. The number of hydrogen-bond acceptors (Lipinski definition) is 2. The van der Waals surface area contributed by atoms with E-state index in [1.807, 2.05) is 43.3 Å². The Morgan fingerprint density at radius 2 is 1.52 bits per heavy atom. The van der Waals surface area contributed by atoms with Crippen LogP contribution in [0.5, 0.6) is 0 Å². The first kappa shape index (κ1) is 17.4. The van der Waals surface area contributed by atoms with Gasteiger partial charge < -0.3 is 5.32 Å². The molecule has 1 heterocycles. The summed E-state index contributed by atoms with van der Waals surface area (Å²) in [5.41, 5.74) is 2.89. The Morgan fingerprint density at radius 3 is 2.04 bits per heavy atom. The zero-order chi connectivity index (χ0) is 17.6. The van der Waals surface area contributed by atoms with Crippen molar-refractivity contribution in [3.8, 4) is 0 Å². The first-order valence-corrected chi connectivity index (χ1v) is 8.96. The minimum atomic E-state index is -0.127. The summed E-state index contributed by atoms with van der Waals surface area (Å²) < 4.78 is 0.787. The second-order valence-electron chi connectivity index (χ2n) is 5.95. The van der Waals surface area contributed by atoms with Gasteiger partial charge in [0.05, 0.1) is 5.56 Å². The fourth-order valence-corrected chi connectivity index (χ4v) is 3.36. The van der Waals surface area contributed by atoms with Crippen LogP contribution in [0.2, 0.25) is 0 Å². The molecule has 3 nitrogen and oxygen atoms in total. The lowest BCUT2D eigenvalue weighted by Gasteiger charge is -2.26. The standard InChI is InChI=1S/C21H19BrN2O/c1-15(24-21(25)18-12-19(22)14-23-13-18)20(16-8-4-2-5-9-16)17-10-6-3-7-11-17/h2-15,20H,1H3,(H,24,25). The summed E-state index contributed by atoms with van der Waals surface area (Å²) in [4.78, 5) is 16.7. The van der Waals surface area contributed by atoms with E-state index < -0.39 is 0 Å². The molecule has 0 saturated carbocycles. The zero-order valence-corrected chi connectivity index (χ0v) is 15.5. The van der Waals surface area contributed by atoms with Crippen molar-refractivity contribution in [3.05, 3.63) is 100 Å². The average Bonchev–Trinajstić information content (AvgIpc) is 2.63. The van der Waals surface area contributed by atoms with E-state index in [2.05, 4.69) is 50.5 Å². The van der Waals surface area contributed by atoms with Crippen LogP contribution in [-0.4, -0.2) is 16.9 Å². The zero-order valence-electron chi connectivity index (χ0n) is 13.9. The van der Waals surface area contributed by atoms with Crippen molar-refractivity contribution in [2.45, 2.75) is 18.9 Å². The molecule has 25 heavy (non-hydrogen) atoms. The molecular weight excluding hydrogens is 376 g/mol. The van der Waals surface area contributed by atoms with Crippen molar-refractivity contribution < 1.29 is 4.79 Å². The molecule has 0 aliphatic heterocycles. The number of rotatable bonds is 5. The van der Waals surface area contributed by atoms with E-state index >= 15 is 0 Å². The number of hydrogen-bond donors (Lipinski definition) is 1. The van der Waals surface area contributed by atoms with Crippen LogP contribution >= 0.6 is 15.9 Å². The molecule has 0 saturated heterocycles. The number of nitrogens with one attached hydrogen (secondary N) is 1. The van der Waals surface area contributed by atoms with Gasteiger partial charge in [0.1, 0.15) is 0 Å². The van der Waals surface area contributed by atoms with Crippen molar-refractivity contribution in [3.63, 3.8) is 0 Å². The highest BCUT2D eigenvalue weighted by Crippen LogP contribution is 2.28. The van der Waals surface area contributed by atoms with Crippen LogP contribution in [0.3, 0.4) is 0 Å². The van der Waals surface area contributed by atoms with Crippen LogP contribution in [0.4, 0.5) is 0 Å². The maximum Gasteiger partial charge on any atom is 0.253 e. The van der Waals surface area contributed by atoms with Crippen LogP contribution in [0.25, 0.3) is 0 Å². The van der Waals surface area contributed by atoms with E-state index in [1.165, 1.54) is 11.1 Å². The second-order valence-corrected chi connectivity index (χ2v) is 6.87. The van der Waals surface area contributed by atoms with Crippen LogP contribution < -0.4 is 5.32 Å². The van der Waals surface area contributed by atoms with Crippen LogP contribution in [0, 0.1) is 0 Å². The predicted octanol–water partition coefficient (Wildman–Crippen LogP) is 4.79. The molecule has 1 amide bonds. The van der Waals surface area contributed by atoms with Crippen LogP contribution in [-0.2, 0) is 0 Å². The molecule has 1 N–H and O–H groups in total. The third-order valence-electron chi connectivity index (χ3n) is 4.14. The lowest BCUT2D eigenvalue weighted by atomic mass is 9.85. The topological polar surface area (TPSA) is 42.0 Å². The van der Waals surface area contributed by atoms with E-state index in [-0.39, 0.29) is 17.9 Å². The summed E-state index contributed by atoms with van der Waals surface area (Å²) >= 11 is 3.36. The van der Waals surface area contributed by atoms with Gasteiger partial charge in [0.25, 0.3) is 5.91 Å². The Hall–Kier alpha value is -2.46. The molecule has 1 atom stereocenters. The van der Waals surface area contributed by atoms with Gasteiger partial charge in [-0.3, -0.25) is 9.78 Å². The summed E-state index contributed by atoms with van der Waals surface area (Å²) in [5, 5.41) is 3.12. The molecule has 126 valence electrons. The molecule has 0 fully saturated rings. The van der Waals surface area contributed by atoms with Gasteiger partial charge in [-0.05, 0) is 40.0 Å². The summed E-state index contributed by atoms with van der Waals surface area (Å²) in [6, 6.07) is 22.2. The second kappa shape index (κ2) is 8.08. The highest BCUT2D eigenvalue weighted by Gasteiger charge is 2.23. The van der Waals surface area contributed by atoms with E-state index in [0.717, 1.165) is 4.47 Å². The number of benzene rings is 2. The van der Waals surface area contributed by atoms with E-state index in [9.17, 15) is 4.79 Å². The van der Waals surface area contributed by atoms with Crippen LogP contribution in [0.15, 0.2) is 83.6 Å². The molecular formula is C21H19BrN2O. The Labute approximate surface area is 156 Å². The molecule has 0 radical (unpaired) electrons. The van der Waals surface area contributed by atoms with Crippen molar-refractivity contribution in [2.75, 3.05) is 0 Å². The van der Waals surface area contributed by atoms with Gasteiger partial charge in [0.2, 0.25) is 0 Å². The third kappa shape index (κ3) is 4.34. The highest BCUT2D eigenvalue weighted by atomic mass is 79.9. The number of pyridine rings is 1. The number of carbonyl (C=O) groups excluding carboxylic acids is 1. The van der Waals surface area contributed by atoms with Gasteiger partial charge in [-0.2, -0.15) is 0 Å². The minimum Gasteiger partial charge on any atom is -0.349 e. The van der Waals surface area contributed by atoms with Gasteiger partial charge in [-0.25, -0.2) is 0 Å². The first-order valence-electron chi connectivity index (χ1n) is 8.16. The Bertz CT molecular complexity index is 797. The fourth-order valence-electron chi connectivity index (χ4n) is 3.00. The lowest BCUT2D eigenvalue weighted by Crippen LogP contribution is -2.37. The van der Waals surface area contributed by atoms with Crippen molar-refractivity contribution in [2.24, 2.45) is 0 Å².